The molecule has 1 rings (SSSR count). The van der Waals surface area contributed by atoms with Crippen LogP contribution in [0.1, 0.15) is 0 Å². The number of carbonyl (C=O) groups is 1. The van der Waals surface area contributed by atoms with Crippen molar-refractivity contribution < 1.29 is 4.79 Å². The molecule has 0 saturated heterocycles. The SMILES string of the molecule is C=CC(=O)N(C=C)c1ccccc1. The maximum absolute atomic E-state index is 11.3. The number of hydrogen-bond acceptors (Lipinski definition) is 1. The Hall–Kier alpha value is -1.83. The molecule has 1 aromatic carbocycles. The van der Waals surface area contributed by atoms with Crippen molar-refractivity contribution in [2.75, 3.05) is 4.90 Å². The minimum atomic E-state index is -0.179. The molecule has 0 aromatic heterocycles. The molecule has 0 saturated carbocycles. The van der Waals surface area contributed by atoms with E-state index in [0.717, 1.165) is 5.69 Å². The summed E-state index contributed by atoms with van der Waals surface area (Å²) in [5.74, 6) is -0.179. The van der Waals surface area contributed by atoms with E-state index in [9.17, 15) is 4.79 Å². The van der Waals surface area contributed by atoms with Gasteiger partial charge in [0.2, 0.25) is 0 Å². The molecule has 66 valence electrons. The highest BCUT2D eigenvalue weighted by atomic mass is 16.2. The molecular weight excluding hydrogens is 162 g/mol. The molecule has 0 heterocycles. The monoisotopic (exact) mass is 173 g/mol. The van der Waals surface area contributed by atoms with E-state index in [1.165, 1.54) is 17.2 Å². The number of rotatable bonds is 3. The Kier molecular flexibility index (Phi) is 3.03. The Morgan fingerprint density at radius 2 is 1.85 bits per heavy atom. The summed E-state index contributed by atoms with van der Waals surface area (Å²) >= 11 is 0. The Labute approximate surface area is 77.8 Å². The minimum Gasteiger partial charge on any atom is -0.285 e. The van der Waals surface area contributed by atoms with E-state index in [2.05, 4.69) is 13.2 Å². The average Bonchev–Trinajstić information content (AvgIpc) is 2.20. The van der Waals surface area contributed by atoms with Crippen LogP contribution in [-0.2, 0) is 4.79 Å². The number of para-hydroxylation sites is 1. The topological polar surface area (TPSA) is 20.3 Å². The third-order valence-corrected chi connectivity index (χ3v) is 1.63. The van der Waals surface area contributed by atoms with Crippen LogP contribution in [0.5, 0.6) is 0 Å². The van der Waals surface area contributed by atoms with Gasteiger partial charge < -0.3 is 0 Å². The van der Waals surface area contributed by atoms with E-state index in [1.807, 2.05) is 30.3 Å². The molecule has 2 nitrogen and oxygen atoms in total. The molecule has 0 aliphatic rings. The van der Waals surface area contributed by atoms with Gasteiger partial charge >= 0.3 is 0 Å². The number of carbonyl (C=O) groups excluding carboxylic acids is 1. The first kappa shape index (κ1) is 9.26. The standard InChI is InChI=1S/C11H11NO/c1-3-11(13)12(4-2)10-8-6-5-7-9-10/h3-9H,1-2H2. The zero-order chi connectivity index (χ0) is 9.68. The number of benzene rings is 1. The molecule has 0 radical (unpaired) electrons. The second kappa shape index (κ2) is 4.26. The van der Waals surface area contributed by atoms with Crippen LogP contribution in [0.4, 0.5) is 5.69 Å². The van der Waals surface area contributed by atoms with Crippen molar-refractivity contribution >= 4 is 11.6 Å². The van der Waals surface area contributed by atoms with Gasteiger partial charge in [0.15, 0.2) is 0 Å². The van der Waals surface area contributed by atoms with Crippen LogP contribution in [0.15, 0.2) is 55.8 Å². The second-order valence-electron chi connectivity index (χ2n) is 2.43. The number of anilines is 1. The smallest absolute Gasteiger partial charge is 0.254 e. The first-order chi connectivity index (χ1) is 6.29. The molecule has 0 fully saturated rings. The van der Waals surface area contributed by atoms with Crippen LogP contribution in [0.2, 0.25) is 0 Å². The predicted octanol–water partition coefficient (Wildman–Crippen LogP) is 2.35. The summed E-state index contributed by atoms with van der Waals surface area (Å²) in [6.07, 6.45) is 2.73. The fourth-order valence-corrected chi connectivity index (χ4v) is 1.01. The van der Waals surface area contributed by atoms with Gasteiger partial charge in [-0.15, -0.1) is 0 Å². The minimum absolute atomic E-state index is 0.179. The van der Waals surface area contributed by atoms with Gasteiger partial charge in [0.05, 0.1) is 0 Å². The van der Waals surface area contributed by atoms with Gasteiger partial charge in [-0.3, -0.25) is 9.69 Å². The summed E-state index contributed by atoms with van der Waals surface area (Å²) in [6.45, 7) is 6.98. The number of nitrogens with zero attached hydrogens (tertiary/aromatic N) is 1. The Morgan fingerprint density at radius 3 is 2.31 bits per heavy atom. The first-order valence-electron chi connectivity index (χ1n) is 3.93. The molecule has 0 aliphatic heterocycles. The van der Waals surface area contributed by atoms with Crippen molar-refractivity contribution in [3.63, 3.8) is 0 Å². The van der Waals surface area contributed by atoms with Crippen LogP contribution in [0, 0.1) is 0 Å². The molecule has 0 N–H and O–H groups in total. The molecule has 0 unspecified atom stereocenters. The lowest BCUT2D eigenvalue weighted by molar-refractivity contribution is -0.113. The summed E-state index contributed by atoms with van der Waals surface area (Å²) in [7, 11) is 0. The van der Waals surface area contributed by atoms with Gasteiger partial charge in [-0.1, -0.05) is 31.4 Å². The van der Waals surface area contributed by atoms with Gasteiger partial charge in [-0.05, 0) is 18.2 Å². The van der Waals surface area contributed by atoms with E-state index < -0.39 is 0 Å². The second-order valence-corrected chi connectivity index (χ2v) is 2.43. The third kappa shape index (κ3) is 2.06. The van der Waals surface area contributed by atoms with Gasteiger partial charge in [0.25, 0.3) is 5.91 Å². The Balaban J connectivity index is 2.97. The summed E-state index contributed by atoms with van der Waals surface area (Å²) in [5, 5.41) is 0. The van der Waals surface area contributed by atoms with Gasteiger partial charge in [0.1, 0.15) is 0 Å². The lowest BCUT2D eigenvalue weighted by Gasteiger charge is -2.15. The lowest BCUT2D eigenvalue weighted by atomic mass is 10.3. The molecular formula is C11H11NO. The molecule has 0 aliphatic carbocycles. The predicted molar refractivity (Wildman–Crippen MR) is 54.3 cm³/mol. The highest BCUT2D eigenvalue weighted by Crippen LogP contribution is 2.13. The van der Waals surface area contributed by atoms with Crippen molar-refractivity contribution in [1.29, 1.82) is 0 Å². The lowest BCUT2D eigenvalue weighted by Crippen LogP contribution is -2.22. The van der Waals surface area contributed by atoms with E-state index >= 15 is 0 Å². The molecule has 2 heteroatoms. The van der Waals surface area contributed by atoms with Crippen LogP contribution in [0.25, 0.3) is 0 Å². The van der Waals surface area contributed by atoms with E-state index in [-0.39, 0.29) is 5.91 Å². The number of amides is 1. The zero-order valence-electron chi connectivity index (χ0n) is 7.31. The van der Waals surface area contributed by atoms with E-state index in [0.29, 0.717) is 0 Å². The van der Waals surface area contributed by atoms with Crippen LogP contribution < -0.4 is 4.90 Å². The fourth-order valence-electron chi connectivity index (χ4n) is 1.01. The summed E-state index contributed by atoms with van der Waals surface area (Å²) in [6, 6.07) is 9.29. The average molecular weight is 173 g/mol. The largest absolute Gasteiger partial charge is 0.285 e. The van der Waals surface area contributed by atoms with E-state index in [1.54, 1.807) is 0 Å². The van der Waals surface area contributed by atoms with Crippen molar-refractivity contribution in [3.8, 4) is 0 Å². The third-order valence-electron chi connectivity index (χ3n) is 1.63. The summed E-state index contributed by atoms with van der Waals surface area (Å²) in [5.41, 5.74) is 0.794. The normalized spacial score (nSPS) is 8.92. The molecule has 0 spiro atoms. The van der Waals surface area contributed by atoms with Crippen LogP contribution >= 0.6 is 0 Å². The summed E-state index contributed by atoms with van der Waals surface area (Å²) in [4.78, 5) is 12.7. The van der Waals surface area contributed by atoms with Gasteiger partial charge in [0, 0.05) is 11.9 Å². The van der Waals surface area contributed by atoms with Crippen LogP contribution in [0.3, 0.4) is 0 Å². The molecule has 0 atom stereocenters. The van der Waals surface area contributed by atoms with Crippen molar-refractivity contribution in [2.45, 2.75) is 0 Å². The zero-order valence-corrected chi connectivity index (χ0v) is 7.31. The Morgan fingerprint density at radius 1 is 1.23 bits per heavy atom. The maximum Gasteiger partial charge on any atom is 0.254 e. The maximum atomic E-state index is 11.3. The van der Waals surface area contributed by atoms with Crippen molar-refractivity contribution in [1.82, 2.24) is 0 Å². The van der Waals surface area contributed by atoms with Crippen LogP contribution in [-0.4, -0.2) is 5.91 Å². The van der Waals surface area contributed by atoms with Crippen molar-refractivity contribution in [3.05, 3.63) is 55.8 Å². The molecule has 1 amide bonds. The molecule has 13 heavy (non-hydrogen) atoms. The highest BCUT2D eigenvalue weighted by Gasteiger charge is 2.06. The summed E-state index contributed by atoms with van der Waals surface area (Å²) < 4.78 is 0. The van der Waals surface area contributed by atoms with Crippen molar-refractivity contribution in [2.24, 2.45) is 0 Å². The van der Waals surface area contributed by atoms with Gasteiger partial charge in [-0.25, -0.2) is 0 Å². The quantitative estimate of drug-likeness (QED) is 0.642. The Bertz CT molecular complexity index is 316. The van der Waals surface area contributed by atoms with Gasteiger partial charge in [-0.2, -0.15) is 0 Å². The number of hydrogen-bond donors (Lipinski definition) is 0. The first-order valence-corrected chi connectivity index (χ1v) is 3.93. The highest BCUT2D eigenvalue weighted by molar-refractivity contribution is 6.02. The van der Waals surface area contributed by atoms with E-state index in [4.69, 9.17) is 0 Å². The molecule has 0 bridgehead atoms. The fraction of sp³-hybridized carbons (Fsp3) is 0. The molecule has 1 aromatic rings.